The van der Waals surface area contributed by atoms with Crippen molar-refractivity contribution in [1.29, 1.82) is 0 Å². The third-order valence-electron chi connectivity index (χ3n) is 6.47. The van der Waals surface area contributed by atoms with E-state index in [9.17, 15) is 10.2 Å². The summed E-state index contributed by atoms with van der Waals surface area (Å²) >= 11 is 0. The monoisotopic (exact) mass is 326 g/mol. The van der Waals surface area contributed by atoms with Gasteiger partial charge in [0.2, 0.25) is 0 Å². The quantitative estimate of drug-likeness (QED) is 0.797. The molecular weight excluding hydrogens is 288 g/mol. The van der Waals surface area contributed by atoms with Crippen LogP contribution in [0.4, 0.5) is 0 Å². The molecule has 2 aliphatic rings. The lowest BCUT2D eigenvalue weighted by molar-refractivity contribution is -0.200. The molecule has 1 spiro atoms. The molecule has 2 fully saturated rings. The van der Waals surface area contributed by atoms with Crippen LogP contribution in [0.3, 0.4) is 0 Å². The largest absolute Gasteiger partial charge is 0.396 e. The molecule has 2 N–H and O–H groups in total. The van der Waals surface area contributed by atoms with Gasteiger partial charge in [-0.1, -0.05) is 41.0 Å². The van der Waals surface area contributed by atoms with Crippen molar-refractivity contribution in [3.8, 4) is 0 Å². The number of aliphatic hydroxyl groups excluding tert-OH is 2. The van der Waals surface area contributed by atoms with Crippen LogP contribution in [0.25, 0.3) is 0 Å². The number of aliphatic hydroxyl groups is 2. The van der Waals surface area contributed by atoms with Gasteiger partial charge in [-0.25, -0.2) is 0 Å². The zero-order valence-corrected chi connectivity index (χ0v) is 15.8. The Balaban J connectivity index is 2.08. The fraction of sp³-hybridized carbons (Fsp3) is 1.00. The van der Waals surface area contributed by atoms with E-state index in [0.717, 1.165) is 12.3 Å². The molecule has 5 atom stereocenters. The van der Waals surface area contributed by atoms with Crippen molar-refractivity contribution < 1.29 is 14.9 Å². The normalized spacial score (nSPS) is 37.3. The Hall–Kier alpha value is -0.120. The van der Waals surface area contributed by atoms with E-state index >= 15 is 0 Å². The van der Waals surface area contributed by atoms with Crippen LogP contribution < -0.4 is 0 Å². The Morgan fingerprint density at radius 2 is 1.91 bits per heavy atom. The molecule has 0 amide bonds. The zero-order valence-electron chi connectivity index (χ0n) is 15.8. The third-order valence-corrected chi connectivity index (χ3v) is 6.47. The lowest BCUT2D eigenvalue weighted by Gasteiger charge is -2.52. The molecule has 23 heavy (non-hydrogen) atoms. The van der Waals surface area contributed by atoms with E-state index in [1.807, 2.05) is 13.8 Å². The van der Waals surface area contributed by atoms with Crippen LogP contribution in [-0.4, -0.2) is 34.6 Å². The second kappa shape index (κ2) is 7.41. The topological polar surface area (TPSA) is 49.7 Å². The van der Waals surface area contributed by atoms with Gasteiger partial charge in [-0.15, -0.1) is 0 Å². The van der Waals surface area contributed by atoms with E-state index in [1.165, 1.54) is 32.1 Å². The van der Waals surface area contributed by atoms with Crippen LogP contribution in [0, 0.1) is 23.2 Å². The van der Waals surface area contributed by atoms with Gasteiger partial charge in [-0.3, -0.25) is 0 Å². The van der Waals surface area contributed by atoms with E-state index < -0.39 is 11.5 Å². The highest BCUT2D eigenvalue weighted by atomic mass is 16.5. The molecule has 1 aliphatic heterocycles. The standard InChI is InChI=1S/C20H38O3/c1-14(2)17-9-8-15(3)12-20(17)10-6-7-16(23-20)11-18(22)19(4,5)13-21/h14-18,21-22H,6-13H2,1-5H3/t15-,16+,17+,18+,20?/m1/s1. The minimum atomic E-state index is -0.508. The fourth-order valence-corrected chi connectivity index (χ4v) is 4.85. The summed E-state index contributed by atoms with van der Waals surface area (Å²) < 4.78 is 6.73. The third kappa shape index (κ3) is 4.29. The van der Waals surface area contributed by atoms with Crippen LogP contribution in [-0.2, 0) is 4.74 Å². The molecule has 1 unspecified atom stereocenters. The molecule has 0 aromatic carbocycles. The summed E-state index contributed by atoms with van der Waals surface area (Å²) in [6, 6.07) is 0. The summed E-state index contributed by atoms with van der Waals surface area (Å²) in [5, 5.41) is 20.0. The van der Waals surface area contributed by atoms with Crippen molar-refractivity contribution in [2.75, 3.05) is 6.61 Å². The van der Waals surface area contributed by atoms with Gasteiger partial charge in [-0.2, -0.15) is 0 Å². The lowest BCUT2D eigenvalue weighted by atomic mass is 9.64. The second-order valence-electron chi connectivity index (χ2n) is 9.33. The van der Waals surface area contributed by atoms with Gasteiger partial charge in [0.25, 0.3) is 0 Å². The van der Waals surface area contributed by atoms with Gasteiger partial charge in [0.15, 0.2) is 0 Å². The molecular formula is C20H38O3. The first-order valence-corrected chi connectivity index (χ1v) is 9.67. The highest BCUT2D eigenvalue weighted by Crippen LogP contribution is 2.49. The maximum atomic E-state index is 10.5. The smallest absolute Gasteiger partial charge is 0.0719 e. The maximum Gasteiger partial charge on any atom is 0.0719 e. The Labute approximate surface area is 142 Å². The molecule has 1 heterocycles. The van der Waals surface area contributed by atoms with Crippen molar-refractivity contribution in [3.63, 3.8) is 0 Å². The fourth-order valence-electron chi connectivity index (χ4n) is 4.85. The number of rotatable bonds is 5. The molecule has 1 saturated heterocycles. The Morgan fingerprint density at radius 1 is 1.22 bits per heavy atom. The van der Waals surface area contributed by atoms with E-state index in [0.29, 0.717) is 18.3 Å². The molecule has 136 valence electrons. The summed E-state index contributed by atoms with van der Waals surface area (Å²) in [6.45, 7) is 10.9. The lowest BCUT2D eigenvalue weighted by Crippen LogP contribution is -2.52. The summed E-state index contributed by atoms with van der Waals surface area (Å²) in [4.78, 5) is 0. The average Bonchev–Trinajstić information content (AvgIpc) is 2.46. The van der Waals surface area contributed by atoms with Crippen LogP contribution in [0.5, 0.6) is 0 Å². The van der Waals surface area contributed by atoms with Crippen molar-refractivity contribution in [3.05, 3.63) is 0 Å². The van der Waals surface area contributed by atoms with Crippen molar-refractivity contribution in [2.24, 2.45) is 23.2 Å². The second-order valence-corrected chi connectivity index (χ2v) is 9.33. The minimum absolute atomic E-state index is 0.0116. The van der Waals surface area contributed by atoms with Crippen LogP contribution in [0.2, 0.25) is 0 Å². The molecule has 0 bridgehead atoms. The predicted molar refractivity (Wildman–Crippen MR) is 94.3 cm³/mol. The van der Waals surface area contributed by atoms with Gasteiger partial charge in [0.05, 0.1) is 24.4 Å². The maximum absolute atomic E-state index is 10.5. The van der Waals surface area contributed by atoms with Crippen molar-refractivity contribution >= 4 is 0 Å². The van der Waals surface area contributed by atoms with Gasteiger partial charge < -0.3 is 14.9 Å². The molecule has 3 nitrogen and oxygen atoms in total. The Morgan fingerprint density at radius 3 is 2.52 bits per heavy atom. The van der Waals surface area contributed by atoms with Gasteiger partial charge >= 0.3 is 0 Å². The van der Waals surface area contributed by atoms with E-state index in [4.69, 9.17) is 4.74 Å². The van der Waals surface area contributed by atoms with E-state index in [-0.39, 0.29) is 18.3 Å². The summed E-state index contributed by atoms with van der Waals surface area (Å²) in [5.41, 5.74) is -0.427. The summed E-state index contributed by atoms with van der Waals surface area (Å²) in [7, 11) is 0. The first-order chi connectivity index (χ1) is 10.7. The summed E-state index contributed by atoms with van der Waals surface area (Å²) in [6.07, 6.45) is 7.46. The molecule has 0 aromatic rings. The van der Waals surface area contributed by atoms with E-state index in [1.54, 1.807) is 0 Å². The van der Waals surface area contributed by atoms with Crippen LogP contribution in [0.15, 0.2) is 0 Å². The van der Waals surface area contributed by atoms with E-state index in [2.05, 4.69) is 20.8 Å². The minimum Gasteiger partial charge on any atom is -0.396 e. The van der Waals surface area contributed by atoms with Gasteiger partial charge in [0, 0.05) is 11.8 Å². The summed E-state index contributed by atoms with van der Waals surface area (Å²) in [5.74, 6) is 2.03. The first-order valence-electron chi connectivity index (χ1n) is 9.67. The number of ether oxygens (including phenoxy) is 1. The van der Waals surface area contributed by atoms with Gasteiger partial charge in [-0.05, 0) is 49.9 Å². The SMILES string of the molecule is CC(C)[C@@H]1CC[C@@H](C)CC12CCC[C@@H](C[C@H](O)C(C)(C)CO)O2. The predicted octanol–water partition coefficient (Wildman–Crippen LogP) is 4.16. The highest BCUT2D eigenvalue weighted by molar-refractivity contribution is 4.98. The number of hydrogen-bond donors (Lipinski definition) is 2. The van der Waals surface area contributed by atoms with Crippen LogP contribution in [0.1, 0.15) is 79.6 Å². The molecule has 1 aliphatic carbocycles. The Bertz CT molecular complexity index is 379. The first kappa shape index (κ1) is 19.2. The average molecular weight is 327 g/mol. The molecule has 0 radical (unpaired) electrons. The Kier molecular flexibility index (Phi) is 6.19. The number of hydrogen-bond acceptors (Lipinski definition) is 3. The zero-order chi connectivity index (χ0) is 17.3. The van der Waals surface area contributed by atoms with Crippen LogP contribution >= 0.6 is 0 Å². The molecule has 1 saturated carbocycles. The molecule has 0 aromatic heterocycles. The van der Waals surface area contributed by atoms with Crippen molar-refractivity contribution in [1.82, 2.24) is 0 Å². The van der Waals surface area contributed by atoms with Crippen molar-refractivity contribution in [2.45, 2.75) is 97.4 Å². The van der Waals surface area contributed by atoms with Gasteiger partial charge in [0.1, 0.15) is 0 Å². The highest BCUT2D eigenvalue weighted by Gasteiger charge is 2.48. The molecule has 2 rings (SSSR count). The molecule has 3 heteroatoms.